The quantitative estimate of drug-likeness (QED) is 0.871. The van der Waals surface area contributed by atoms with Crippen molar-refractivity contribution in [2.75, 3.05) is 6.54 Å². The van der Waals surface area contributed by atoms with Gasteiger partial charge in [0.05, 0.1) is 0 Å². The highest BCUT2D eigenvalue weighted by atomic mass is 35.5. The van der Waals surface area contributed by atoms with Crippen molar-refractivity contribution in [3.8, 4) is 0 Å². The van der Waals surface area contributed by atoms with Gasteiger partial charge >= 0.3 is 0 Å². The Bertz CT molecular complexity index is 406. The van der Waals surface area contributed by atoms with E-state index in [1.807, 2.05) is 0 Å². The van der Waals surface area contributed by atoms with Gasteiger partial charge in [0.1, 0.15) is 0 Å². The molecule has 1 aliphatic rings. The summed E-state index contributed by atoms with van der Waals surface area (Å²) < 4.78 is 0. The molecule has 1 fully saturated rings. The molecule has 1 aromatic heterocycles. The van der Waals surface area contributed by atoms with Crippen molar-refractivity contribution in [3.63, 3.8) is 0 Å². The van der Waals surface area contributed by atoms with Gasteiger partial charge in [-0.25, -0.2) is 0 Å². The SMILES string of the molecule is CC1(C)CC1(CN)c1cc(Cl)nnc1Cl. The first-order chi connectivity index (χ1) is 6.93. The lowest BCUT2D eigenvalue weighted by atomic mass is 9.89. The van der Waals surface area contributed by atoms with Crippen molar-refractivity contribution in [3.05, 3.63) is 21.9 Å². The Kier molecular flexibility index (Phi) is 2.45. The topological polar surface area (TPSA) is 51.8 Å². The molecule has 1 unspecified atom stereocenters. The lowest BCUT2D eigenvalue weighted by molar-refractivity contribution is 0.501. The number of hydrogen-bond donors (Lipinski definition) is 1. The molecule has 0 aromatic carbocycles. The van der Waals surface area contributed by atoms with E-state index in [0.717, 1.165) is 12.0 Å². The Morgan fingerprint density at radius 1 is 1.40 bits per heavy atom. The monoisotopic (exact) mass is 245 g/mol. The van der Waals surface area contributed by atoms with Crippen LogP contribution in [0.1, 0.15) is 25.8 Å². The maximum Gasteiger partial charge on any atom is 0.155 e. The minimum absolute atomic E-state index is 0.0797. The standard InChI is InChI=1S/C10H13Cl2N3/c1-9(2)4-10(9,5-13)6-3-7(11)14-15-8(6)12/h3H,4-5,13H2,1-2H3. The van der Waals surface area contributed by atoms with Gasteiger partial charge in [-0.05, 0) is 17.9 Å². The molecule has 15 heavy (non-hydrogen) atoms. The van der Waals surface area contributed by atoms with Crippen molar-refractivity contribution in [2.24, 2.45) is 11.1 Å². The van der Waals surface area contributed by atoms with Crippen LogP contribution in [0.5, 0.6) is 0 Å². The van der Waals surface area contributed by atoms with Crippen LogP contribution in [0.3, 0.4) is 0 Å². The summed E-state index contributed by atoms with van der Waals surface area (Å²) in [5.74, 6) is 0. The predicted octanol–water partition coefficient (Wildman–Crippen LogP) is 2.41. The van der Waals surface area contributed by atoms with Crippen molar-refractivity contribution >= 4 is 23.2 Å². The third-order valence-electron chi connectivity index (χ3n) is 3.50. The summed E-state index contributed by atoms with van der Waals surface area (Å²) in [6.07, 6.45) is 1.01. The highest BCUT2D eigenvalue weighted by molar-refractivity contribution is 6.31. The zero-order valence-electron chi connectivity index (χ0n) is 8.72. The Morgan fingerprint density at radius 2 is 2.00 bits per heavy atom. The third kappa shape index (κ3) is 1.53. The fourth-order valence-electron chi connectivity index (χ4n) is 2.32. The molecule has 2 N–H and O–H groups in total. The van der Waals surface area contributed by atoms with Crippen LogP contribution in [0, 0.1) is 5.41 Å². The van der Waals surface area contributed by atoms with Gasteiger partial charge in [-0.15, -0.1) is 10.2 Å². The van der Waals surface area contributed by atoms with E-state index in [9.17, 15) is 0 Å². The zero-order valence-corrected chi connectivity index (χ0v) is 10.2. The maximum absolute atomic E-state index is 6.04. The molecule has 5 heteroatoms. The first-order valence-corrected chi connectivity index (χ1v) is 5.58. The summed E-state index contributed by atoms with van der Waals surface area (Å²) >= 11 is 11.9. The summed E-state index contributed by atoms with van der Waals surface area (Å²) in [4.78, 5) is 0. The van der Waals surface area contributed by atoms with Gasteiger partial charge in [-0.3, -0.25) is 0 Å². The van der Waals surface area contributed by atoms with Crippen LogP contribution in [0.15, 0.2) is 6.07 Å². The minimum atomic E-state index is -0.0797. The van der Waals surface area contributed by atoms with Crippen molar-refractivity contribution in [1.82, 2.24) is 10.2 Å². The van der Waals surface area contributed by atoms with Crippen LogP contribution in [-0.2, 0) is 5.41 Å². The molecule has 0 radical (unpaired) electrons. The predicted molar refractivity (Wildman–Crippen MR) is 61.2 cm³/mol. The average Bonchev–Trinajstić information content (AvgIpc) is 2.74. The van der Waals surface area contributed by atoms with E-state index >= 15 is 0 Å². The van der Waals surface area contributed by atoms with E-state index in [4.69, 9.17) is 28.9 Å². The molecule has 0 amide bonds. The molecule has 1 aromatic rings. The summed E-state index contributed by atoms with van der Waals surface area (Å²) in [6, 6.07) is 1.78. The number of rotatable bonds is 2. The summed E-state index contributed by atoms with van der Waals surface area (Å²) in [6.45, 7) is 4.90. The Balaban J connectivity index is 2.50. The molecule has 0 aliphatic heterocycles. The molecule has 2 rings (SSSR count). The second-order valence-electron chi connectivity index (χ2n) is 4.72. The largest absolute Gasteiger partial charge is 0.330 e. The lowest BCUT2D eigenvalue weighted by Gasteiger charge is -2.19. The van der Waals surface area contributed by atoms with E-state index in [1.54, 1.807) is 6.07 Å². The lowest BCUT2D eigenvalue weighted by Crippen LogP contribution is -2.26. The van der Waals surface area contributed by atoms with Gasteiger partial charge in [0.2, 0.25) is 0 Å². The number of nitrogens with two attached hydrogens (primary N) is 1. The average molecular weight is 246 g/mol. The molecule has 1 heterocycles. The smallest absolute Gasteiger partial charge is 0.155 e. The fraction of sp³-hybridized carbons (Fsp3) is 0.600. The highest BCUT2D eigenvalue weighted by Gasteiger charge is 2.62. The molecule has 3 nitrogen and oxygen atoms in total. The zero-order chi connectivity index (χ0) is 11.3. The van der Waals surface area contributed by atoms with Crippen LogP contribution in [-0.4, -0.2) is 16.7 Å². The first kappa shape index (κ1) is 11.1. The third-order valence-corrected chi connectivity index (χ3v) is 3.96. The van der Waals surface area contributed by atoms with Crippen molar-refractivity contribution in [2.45, 2.75) is 25.7 Å². The molecule has 0 bridgehead atoms. The number of nitrogens with zero attached hydrogens (tertiary/aromatic N) is 2. The maximum atomic E-state index is 6.04. The van der Waals surface area contributed by atoms with E-state index in [0.29, 0.717) is 16.9 Å². The second-order valence-corrected chi connectivity index (χ2v) is 5.46. The van der Waals surface area contributed by atoms with E-state index in [-0.39, 0.29) is 10.8 Å². The molecule has 0 spiro atoms. The minimum Gasteiger partial charge on any atom is -0.330 e. The highest BCUT2D eigenvalue weighted by Crippen LogP contribution is 2.64. The van der Waals surface area contributed by atoms with Crippen LogP contribution in [0.4, 0.5) is 0 Å². The second kappa shape index (κ2) is 3.30. The number of hydrogen-bond acceptors (Lipinski definition) is 3. The molecule has 1 atom stereocenters. The van der Waals surface area contributed by atoms with Gasteiger partial charge in [-0.2, -0.15) is 0 Å². The van der Waals surface area contributed by atoms with E-state index in [1.165, 1.54) is 0 Å². The Hall–Kier alpha value is -0.380. The summed E-state index contributed by atoms with van der Waals surface area (Å²) in [5, 5.41) is 8.31. The van der Waals surface area contributed by atoms with Gasteiger partial charge in [-0.1, -0.05) is 37.0 Å². The van der Waals surface area contributed by atoms with Gasteiger partial charge in [0.25, 0.3) is 0 Å². The molecule has 1 saturated carbocycles. The first-order valence-electron chi connectivity index (χ1n) is 4.82. The van der Waals surface area contributed by atoms with Crippen molar-refractivity contribution < 1.29 is 0 Å². The molecule has 1 aliphatic carbocycles. The molecular formula is C10H13Cl2N3. The van der Waals surface area contributed by atoms with Crippen LogP contribution in [0.2, 0.25) is 10.3 Å². The van der Waals surface area contributed by atoms with Gasteiger partial charge in [0.15, 0.2) is 10.3 Å². The fourth-order valence-corrected chi connectivity index (χ4v) is 2.74. The normalized spacial score (nSPS) is 27.8. The number of aromatic nitrogens is 2. The van der Waals surface area contributed by atoms with E-state index in [2.05, 4.69) is 24.0 Å². The molecule has 0 saturated heterocycles. The van der Waals surface area contributed by atoms with Gasteiger partial charge in [0, 0.05) is 17.5 Å². The van der Waals surface area contributed by atoms with Crippen LogP contribution < -0.4 is 5.73 Å². The van der Waals surface area contributed by atoms with Crippen LogP contribution >= 0.6 is 23.2 Å². The van der Waals surface area contributed by atoms with E-state index < -0.39 is 0 Å². The Morgan fingerprint density at radius 3 is 2.47 bits per heavy atom. The van der Waals surface area contributed by atoms with Crippen molar-refractivity contribution in [1.29, 1.82) is 0 Å². The molecular weight excluding hydrogens is 233 g/mol. The summed E-state index contributed by atoms with van der Waals surface area (Å²) in [7, 11) is 0. The Labute approximate surface area is 99.0 Å². The summed E-state index contributed by atoms with van der Waals surface area (Å²) in [5.41, 5.74) is 6.86. The number of halogens is 2. The van der Waals surface area contributed by atoms with Gasteiger partial charge < -0.3 is 5.73 Å². The van der Waals surface area contributed by atoms with Crippen LogP contribution in [0.25, 0.3) is 0 Å². The molecule has 82 valence electrons.